The molecule has 1 saturated heterocycles. The first kappa shape index (κ1) is 22.6. The molecule has 2 N–H and O–H groups in total. The topological polar surface area (TPSA) is 87.7 Å². The third-order valence-electron chi connectivity index (χ3n) is 4.51. The SMILES string of the molecule is COC(=O)C1CCCN1S(=O)(=O)Nc1ccc(F)c(F)c1Nc1ccc(I)cc1F. The molecule has 1 atom stereocenters. The number of nitrogens with zero attached hydrogens (tertiary/aromatic N) is 1. The third-order valence-corrected chi connectivity index (χ3v) is 6.71. The van der Waals surface area contributed by atoms with Crippen molar-refractivity contribution in [2.75, 3.05) is 23.7 Å². The van der Waals surface area contributed by atoms with E-state index in [0.717, 1.165) is 23.5 Å². The predicted octanol–water partition coefficient (Wildman–Crippen LogP) is 3.75. The van der Waals surface area contributed by atoms with Gasteiger partial charge in [-0.15, -0.1) is 0 Å². The molecule has 7 nitrogen and oxygen atoms in total. The molecule has 0 aliphatic carbocycles. The lowest BCUT2D eigenvalue weighted by molar-refractivity contribution is -0.144. The summed E-state index contributed by atoms with van der Waals surface area (Å²) in [7, 11) is -3.18. The number of nitrogens with one attached hydrogen (secondary N) is 2. The van der Waals surface area contributed by atoms with Gasteiger partial charge in [-0.25, -0.2) is 13.2 Å². The van der Waals surface area contributed by atoms with E-state index in [1.165, 1.54) is 18.2 Å². The number of hydrogen-bond acceptors (Lipinski definition) is 5. The summed E-state index contributed by atoms with van der Waals surface area (Å²) in [4.78, 5) is 11.9. The average molecular weight is 555 g/mol. The van der Waals surface area contributed by atoms with Crippen LogP contribution < -0.4 is 10.0 Å². The molecule has 0 saturated carbocycles. The highest BCUT2D eigenvalue weighted by Gasteiger charge is 2.39. The molecule has 0 radical (unpaired) electrons. The van der Waals surface area contributed by atoms with Crippen molar-refractivity contribution in [1.29, 1.82) is 0 Å². The molecule has 12 heteroatoms. The van der Waals surface area contributed by atoms with E-state index in [-0.39, 0.29) is 24.3 Å². The van der Waals surface area contributed by atoms with Crippen molar-refractivity contribution in [1.82, 2.24) is 4.31 Å². The van der Waals surface area contributed by atoms with Crippen LogP contribution in [0.3, 0.4) is 0 Å². The molecule has 162 valence electrons. The van der Waals surface area contributed by atoms with Crippen LogP contribution in [-0.2, 0) is 19.7 Å². The minimum atomic E-state index is -4.32. The van der Waals surface area contributed by atoms with Crippen LogP contribution in [-0.4, -0.2) is 38.4 Å². The second-order valence-corrected chi connectivity index (χ2v) is 9.30. The monoisotopic (exact) mass is 555 g/mol. The second kappa shape index (κ2) is 8.98. The summed E-state index contributed by atoms with van der Waals surface area (Å²) in [6, 6.07) is 4.75. The number of methoxy groups -OCH3 is 1. The number of hydrogen-bond donors (Lipinski definition) is 2. The molecule has 3 rings (SSSR count). The first-order valence-electron chi connectivity index (χ1n) is 8.71. The van der Waals surface area contributed by atoms with E-state index >= 15 is 0 Å². The van der Waals surface area contributed by atoms with E-state index in [9.17, 15) is 26.4 Å². The molecule has 30 heavy (non-hydrogen) atoms. The minimum Gasteiger partial charge on any atom is -0.468 e. The second-order valence-electron chi connectivity index (χ2n) is 6.43. The smallest absolute Gasteiger partial charge is 0.324 e. The van der Waals surface area contributed by atoms with E-state index in [2.05, 4.69) is 14.8 Å². The average Bonchev–Trinajstić information content (AvgIpc) is 3.19. The maximum atomic E-state index is 14.5. The van der Waals surface area contributed by atoms with Crippen molar-refractivity contribution in [2.45, 2.75) is 18.9 Å². The highest BCUT2D eigenvalue weighted by atomic mass is 127. The summed E-state index contributed by atoms with van der Waals surface area (Å²) in [5, 5.41) is 2.41. The standard InChI is InChI=1S/C18H17F3IN3O4S/c1-29-18(26)15-3-2-8-25(15)30(27,28)24-14-7-5-11(19)16(21)17(14)23-13-6-4-10(22)9-12(13)20/h4-7,9,15,23-24H,2-3,8H2,1H3. The Balaban J connectivity index is 1.96. The van der Waals surface area contributed by atoms with E-state index in [4.69, 9.17) is 0 Å². The van der Waals surface area contributed by atoms with Crippen LogP contribution in [0.2, 0.25) is 0 Å². The van der Waals surface area contributed by atoms with Gasteiger partial charge in [-0.3, -0.25) is 9.52 Å². The highest BCUT2D eigenvalue weighted by molar-refractivity contribution is 14.1. The van der Waals surface area contributed by atoms with Gasteiger partial charge >= 0.3 is 16.2 Å². The number of benzene rings is 2. The van der Waals surface area contributed by atoms with Crippen LogP contribution in [0.4, 0.5) is 30.2 Å². The van der Waals surface area contributed by atoms with Crippen LogP contribution in [0.1, 0.15) is 12.8 Å². The largest absolute Gasteiger partial charge is 0.468 e. The van der Waals surface area contributed by atoms with Crippen molar-refractivity contribution in [3.05, 3.63) is 51.4 Å². The fourth-order valence-corrected chi connectivity index (χ4v) is 4.99. The van der Waals surface area contributed by atoms with Gasteiger partial charge in [-0.1, -0.05) is 0 Å². The maximum Gasteiger partial charge on any atom is 0.324 e. The molecule has 1 aliphatic rings. The minimum absolute atomic E-state index is 0.0489. The molecule has 1 unspecified atom stereocenters. The number of rotatable bonds is 6. The summed E-state index contributed by atoms with van der Waals surface area (Å²) in [6.45, 7) is 0.0489. The number of carbonyl (C=O) groups is 1. The predicted molar refractivity (Wildman–Crippen MR) is 113 cm³/mol. The Bertz CT molecular complexity index is 1080. The molecule has 1 heterocycles. The van der Waals surface area contributed by atoms with Crippen LogP contribution in [0, 0.1) is 21.0 Å². The van der Waals surface area contributed by atoms with Gasteiger partial charge in [0, 0.05) is 10.1 Å². The Morgan fingerprint density at radius 1 is 1.17 bits per heavy atom. The molecule has 1 aliphatic heterocycles. The van der Waals surface area contributed by atoms with E-state index in [1.807, 2.05) is 22.6 Å². The lowest BCUT2D eigenvalue weighted by atomic mass is 10.2. The van der Waals surface area contributed by atoms with Crippen LogP contribution >= 0.6 is 22.6 Å². The Labute approximate surface area is 184 Å². The molecule has 0 bridgehead atoms. The molecule has 0 aromatic heterocycles. The fraction of sp³-hybridized carbons (Fsp3) is 0.278. The number of carbonyl (C=O) groups excluding carboxylic acids is 1. The quantitative estimate of drug-likeness (QED) is 0.419. The van der Waals surface area contributed by atoms with Crippen LogP contribution in [0.5, 0.6) is 0 Å². The Morgan fingerprint density at radius 2 is 1.87 bits per heavy atom. The summed E-state index contributed by atoms with van der Waals surface area (Å²) in [6.07, 6.45) is 0.696. The van der Waals surface area contributed by atoms with Gasteiger partial charge in [0.2, 0.25) is 0 Å². The van der Waals surface area contributed by atoms with Gasteiger partial charge in [-0.2, -0.15) is 12.7 Å². The summed E-state index contributed by atoms with van der Waals surface area (Å²) < 4.78 is 76.4. The van der Waals surface area contributed by atoms with Crippen molar-refractivity contribution in [3.8, 4) is 0 Å². The normalized spacial score (nSPS) is 17.0. The molecular formula is C18H17F3IN3O4S. The Hall–Kier alpha value is -2.06. The van der Waals surface area contributed by atoms with Gasteiger partial charge in [0.1, 0.15) is 17.5 Å². The first-order chi connectivity index (χ1) is 14.1. The van der Waals surface area contributed by atoms with Crippen LogP contribution in [0.25, 0.3) is 0 Å². The van der Waals surface area contributed by atoms with Gasteiger partial charge in [0.25, 0.3) is 0 Å². The van der Waals surface area contributed by atoms with Gasteiger partial charge in [0.15, 0.2) is 11.6 Å². The summed E-state index contributed by atoms with van der Waals surface area (Å²) in [5.74, 6) is -4.09. The highest BCUT2D eigenvalue weighted by Crippen LogP contribution is 2.33. The zero-order valence-corrected chi connectivity index (χ0v) is 18.6. The molecule has 2 aromatic rings. The molecular weight excluding hydrogens is 538 g/mol. The van der Waals surface area contributed by atoms with Crippen molar-refractivity contribution in [2.24, 2.45) is 0 Å². The Morgan fingerprint density at radius 3 is 2.53 bits per heavy atom. The molecule has 0 amide bonds. The fourth-order valence-electron chi connectivity index (χ4n) is 3.08. The first-order valence-corrected chi connectivity index (χ1v) is 11.2. The van der Waals surface area contributed by atoms with Crippen molar-refractivity contribution < 1.29 is 31.1 Å². The van der Waals surface area contributed by atoms with Crippen LogP contribution in [0.15, 0.2) is 30.3 Å². The molecule has 1 fully saturated rings. The zero-order chi connectivity index (χ0) is 22.1. The van der Waals surface area contributed by atoms with Crippen molar-refractivity contribution >= 4 is 55.8 Å². The summed E-state index contributed by atoms with van der Waals surface area (Å²) >= 11 is 1.88. The van der Waals surface area contributed by atoms with Gasteiger partial charge in [-0.05, 0) is 65.8 Å². The van der Waals surface area contributed by atoms with Gasteiger partial charge < -0.3 is 10.1 Å². The third kappa shape index (κ3) is 4.64. The molecule has 0 spiro atoms. The number of esters is 1. The maximum absolute atomic E-state index is 14.5. The lowest BCUT2D eigenvalue weighted by Crippen LogP contribution is -2.43. The lowest BCUT2D eigenvalue weighted by Gasteiger charge is -2.24. The molecule has 2 aromatic carbocycles. The van der Waals surface area contributed by atoms with Gasteiger partial charge in [0.05, 0.1) is 18.5 Å². The summed E-state index contributed by atoms with van der Waals surface area (Å²) in [5.41, 5.74) is -1.11. The van der Waals surface area contributed by atoms with E-state index < -0.39 is 45.4 Å². The Kier molecular flexibility index (Phi) is 6.77. The van der Waals surface area contributed by atoms with E-state index in [0.29, 0.717) is 9.99 Å². The number of anilines is 3. The zero-order valence-electron chi connectivity index (χ0n) is 15.6. The van der Waals surface area contributed by atoms with Crippen molar-refractivity contribution in [3.63, 3.8) is 0 Å². The number of halogens is 4. The number of ether oxygens (including phenoxy) is 1. The van der Waals surface area contributed by atoms with E-state index in [1.54, 1.807) is 0 Å².